The summed E-state index contributed by atoms with van der Waals surface area (Å²) in [7, 11) is 0. The highest BCUT2D eigenvalue weighted by Gasteiger charge is 2.23. The highest BCUT2D eigenvalue weighted by molar-refractivity contribution is 6.27. The molecule has 1 heterocycles. The number of carbonyl (C=O) groups excluding carboxylic acids is 1. The second-order valence-corrected chi connectivity index (χ2v) is 7.02. The van der Waals surface area contributed by atoms with E-state index in [2.05, 4.69) is 68.8 Å². The van der Waals surface area contributed by atoms with Gasteiger partial charge in [-0.15, -0.1) is 11.6 Å². The molecule has 0 saturated carbocycles. The lowest BCUT2D eigenvalue weighted by atomic mass is 10.0. The topological polar surface area (TPSA) is 25.2 Å². The quantitative estimate of drug-likeness (QED) is 0.679. The maximum absolute atomic E-state index is 12.3. The lowest BCUT2D eigenvalue weighted by Gasteiger charge is -2.32. The predicted octanol–water partition coefficient (Wildman–Crippen LogP) is 4.46. The number of carbonyl (C=O) groups is 1. The molecule has 0 bridgehead atoms. The Balaban J connectivity index is 2.20. The van der Waals surface area contributed by atoms with Gasteiger partial charge >= 0.3 is 0 Å². The first kappa shape index (κ1) is 18.6. The molecule has 0 radical (unpaired) electrons. The Morgan fingerprint density at radius 2 is 1.96 bits per heavy atom. The zero-order valence-electron chi connectivity index (χ0n) is 15.0. The van der Waals surface area contributed by atoms with Gasteiger partial charge in [0.1, 0.15) is 5.88 Å². The highest BCUT2D eigenvalue weighted by Crippen LogP contribution is 2.17. The first-order chi connectivity index (χ1) is 11.4. The summed E-state index contributed by atoms with van der Waals surface area (Å²) in [4.78, 5) is 14.2. The Morgan fingerprint density at radius 1 is 1.21 bits per heavy atom. The fourth-order valence-electron chi connectivity index (χ4n) is 2.82. The molecule has 1 aromatic heterocycles. The summed E-state index contributed by atoms with van der Waals surface area (Å²) in [6.07, 6.45) is 2.07. The summed E-state index contributed by atoms with van der Waals surface area (Å²) in [6.45, 7) is 9.84. The summed E-state index contributed by atoms with van der Waals surface area (Å²) in [5.41, 5.74) is 3.65. The summed E-state index contributed by atoms with van der Waals surface area (Å²) in [5, 5.41) is 0. The molecule has 1 unspecified atom stereocenters. The van der Waals surface area contributed by atoms with Crippen molar-refractivity contribution >= 4 is 17.5 Å². The van der Waals surface area contributed by atoms with E-state index in [0.717, 1.165) is 12.2 Å². The van der Waals surface area contributed by atoms with Gasteiger partial charge in [-0.05, 0) is 37.5 Å². The van der Waals surface area contributed by atoms with Crippen LogP contribution in [0.4, 0.5) is 0 Å². The fraction of sp³-hybridized carbons (Fsp3) is 0.450. The van der Waals surface area contributed by atoms with E-state index >= 15 is 0 Å². The van der Waals surface area contributed by atoms with E-state index in [9.17, 15) is 4.79 Å². The van der Waals surface area contributed by atoms with E-state index in [1.54, 1.807) is 0 Å². The van der Waals surface area contributed by atoms with Gasteiger partial charge in [-0.25, -0.2) is 0 Å². The number of amides is 1. The van der Waals surface area contributed by atoms with Crippen LogP contribution in [0.25, 0.3) is 0 Å². The molecule has 1 aromatic carbocycles. The van der Waals surface area contributed by atoms with Gasteiger partial charge in [-0.3, -0.25) is 4.79 Å². The minimum absolute atomic E-state index is 0.0128. The van der Waals surface area contributed by atoms with Crippen LogP contribution in [0, 0.1) is 12.8 Å². The van der Waals surface area contributed by atoms with E-state index in [0.29, 0.717) is 12.5 Å². The number of hydrogen-bond donors (Lipinski definition) is 0. The largest absolute Gasteiger partial charge is 0.345 e. The first-order valence-electron chi connectivity index (χ1n) is 8.47. The Hall–Kier alpha value is -1.74. The maximum Gasteiger partial charge on any atom is 0.238 e. The van der Waals surface area contributed by atoms with Crippen LogP contribution in [-0.4, -0.2) is 27.3 Å². The van der Waals surface area contributed by atoms with Crippen molar-refractivity contribution in [1.29, 1.82) is 0 Å². The number of rotatable bonds is 7. The third-order valence-corrected chi connectivity index (χ3v) is 4.81. The van der Waals surface area contributed by atoms with Crippen molar-refractivity contribution in [1.82, 2.24) is 9.47 Å². The summed E-state index contributed by atoms with van der Waals surface area (Å²) >= 11 is 5.82. The third-order valence-electron chi connectivity index (χ3n) is 4.58. The molecule has 2 aromatic rings. The van der Waals surface area contributed by atoms with Crippen molar-refractivity contribution in [2.45, 2.75) is 46.8 Å². The van der Waals surface area contributed by atoms with Gasteiger partial charge in [0, 0.05) is 24.5 Å². The van der Waals surface area contributed by atoms with Gasteiger partial charge in [0.15, 0.2) is 0 Å². The number of nitrogens with zero attached hydrogens (tertiary/aromatic N) is 2. The zero-order valence-corrected chi connectivity index (χ0v) is 15.8. The second kappa shape index (κ2) is 8.39. The molecule has 2 rings (SSSR count). The zero-order chi connectivity index (χ0) is 17.7. The maximum atomic E-state index is 12.3. The average molecular weight is 347 g/mol. The molecule has 3 nitrogen and oxygen atoms in total. The van der Waals surface area contributed by atoms with Gasteiger partial charge in [0.25, 0.3) is 0 Å². The minimum Gasteiger partial charge on any atom is -0.345 e. The Bertz CT molecular complexity index is 678. The van der Waals surface area contributed by atoms with Crippen LogP contribution in [0.5, 0.6) is 0 Å². The first-order valence-corrected chi connectivity index (χ1v) is 9.00. The number of alkyl halides is 1. The molecule has 4 heteroatoms. The average Bonchev–Trinajstić information content (AvgIpc) is 2.98. The van der Waals surface area contributed by atoms with Crippen molar-refractivity contribution in [2.24, 2.45) is 5.92 Å². The van der Waals surface area contributed by atoms with E-state index in [4.69, 9.17) is 11.6 Å². The molecular weight excluding hydrogens is 320 g/mol. The van der Waals surface area contributed by atoms with Crippen LogP contribution in [0.3, 0.4) is 0 Å². The van der Waals surface area contributed by atoms with E-state index < -0.39 is 0 Å². The molecule has 0 N–H and O–H groups in total. The molecule has 0 aliphatic carbocycles. The van der Waals surface area contributed by atoms with Crippen LogP contribution in [-0.2, 0) is 17.9 Å². The Kier molecular flexibility index (Phi) is 6.50. The minimum atomic E-state index is -0.0128. The van der Waals surface area contributed by atoms with Gasteiger partial charge in [-0.1, -0.05) is 43.7 Å². The number of halogens is 1. The number of hydrogen-bond acceptors (Lipinski definition) is 1. The lowest BCUT2D eigenvalue weighted by molar-refractivity contribution is -0.132. The Labute approximate surface area is 150 Å². The van der Waals surface area contributed by atoms with Crippen molar-refractivity contribution < 1.29 is 4.79 Å². The Morgan fingerprint density at radius 3 is 2.58 bits per heavy atom. The second-order valence-electron chi connectivity index (χ2n) is 6.76. The fourth-order valence-corrected chi connectivity index (χ4v) is 2.98. The normalized spacial score (nSPS) is 12.4. The van der Waals surface area contributed by atoms with Crippen LogP contribution in [0.1, 0.15) is 37.6 Å². The molecular formula is C20H27ClN2O. The summed E-state index contributed by atoms with van der Waals surface area (Å²) in [5.74, 6) is 0.397. The number of aromatic nitrogens is 1. The molecule has 130 valence electrons. The van der Waals surface area contributed by atoms with E-state index in [1.165, 1.54) is 11.1 Å². The summed E-state index contributed by atoms with van der Waals surface area (Å²) in [6, 6.07) is 12.8. The lowest BCUT2D eigenvalue weighted by Crippen LogP contribution is -2.42. The smallest absolute Gasteiger partial charge is 0.238 e. The molecule has 24 heavy (non-hydrogen) atoms. The van der Waals surface area contributed by atoms with E-state index in [1.807, 2.05) is 11.0 Å². The third kappa shape index (κ3) is 4.64. The van der Waals surface area contributed by atoms with Gasteiger partial charge in [0.2, 0.25) is 5.91 Å². The molecule has 0 fully saturated rings. The predicted molar refractivity (Wildman–Crippen MR) is 100 cm³/mol. The molecule has 0 spiro atoms. The van der Waals surface area contributed by atoms with Gasteiger partial charge in [0.05, 0.1) is 6.54 Å². The van der Waals surface area contributed by atoms with Crippen LogP contribution >= 0.6 is 11.6 Å². The van der Waals surface area contributed by atoms with Gasteiger partial charge in [-0.2, -0.15) is 0 Å². The number of benzene rings is 1. The van der Waals surface area contributed by atoms with Crippen molar-refractivity contribution in [2.75, 3.05) is 5.88 Å². The molecule has 1 atom stereocenters. The summed E-state index contributed by atoms with van der Waals surface area (Å²) < 4.78 is 2.20. The molecule has 0 aliphatic rings. The number of aryl methyl sites for hydroxylation is 1. The molecule has 0 aliphatic heterocycles. The van der Waals surface area contributed by atoms with Crippen LogP contribution < -0.4 is 0 Å². The van der Waals surface area contributed by atoms with E-state index in [-0.39, 0.29) is 17.8 Å². The van der Waals surface area contributed by atoms with Crippen LogP contribution in [0.15, 0.2) is 42.6 Å². The van der Waals surface area contributed by atoms with Crippen LogP contribution in [0.2, 0.25) is 0 Å². The van der Waals surface area contributed by atoms with Crippen molar-refractivity contribution in [3.8, 4) is 0 Å². The molecule has 0 saturated heterocycles. The van der Waals surface area contributed by atoms with Crippen molar-refractivity contribution in [3.05, 3.63) is 59.4 Å². The standard InChI is InChI=1S/C20H27ClN2O/c1-15(2)17(4)23(20(24)12-21)14-19-9-6-10-22(19)13-18-8-5-7-16(3)11-18/h5-11,15,17H,12-14H2,1-4H3. The van der Waals surface area contributed by atoms with Crippen molar-refractivity contribution in [3.63, 3.8) is 0 Å². The van der Waals surface area contributed by atoms with Gasteiger partial charge < -0.3 is 9.47 Å². The molecule has 1 amide bonds. The highest BCUT2D eigenvalue weighted by atomic mass is 35.5. The monoisotopic (exact) mass is 346 g/mol. The SMILES string of the molecule is Cc1cccc(Cn2cccc2CN(C(=O)CCl)C(C)C(C)C)c1.